The van der Waals surface area contributed by atoms with Gasteiger partial charge in [0.1, 0.15) is 0 Å². The van der Waals surface area contributed by atoms with Crippen molar-refractivity contribution in [1.82, 2.24) is 18.9 Å². The molecule has 0 spiro atoms. The molecule has 0 fully saturated rings. The van der Waals surface area contributed by atoms with Gasteiger partial charge in [0.15, 0.2) is 6.29 Å². The van der Waals surface area contributed by atoms with Gasteiger partial charge >= 0.3 is 5.69 Å². The molecule has 8 heteroatoms. The van der Waals surface area contributed by atoms with E-state index >= 15 is 0 Å². The standard InChI is InChI=1S/C10H15N5O3/c1-18-7(16)3-2-4-14-5-6-15-9(14)12-8(11)13-10(15)17/h5-7,16H,2-4H2,1H3,(H2,11,13,17). The normalized spacial score (nSPS) is 13.0. The maximum atomic E-state index is 11.5. The van der Waals surface area contributed by atoms with Gasteiger partial charge in [-0.05, 0) is 12.8 Å². The van der Waals surface area contributed by atoms with Gasteiger partial charge in [0.2, 0.25) is 11.7 Å². The van der Waals surface area contributed by atoms with E-state index in [2.05, 4.69) is 9.97 Å². The number of aromatic nitrogens is 4. The molecule has 1 atom stereocenters. The van der Waals surface area contributed by atoms with Gasteiger partial charge in [-0.2, -0.15) is 9.97 Å². The second kappa shape index (κ2) is 5.15. The van der Waals surface area contributed by atoms with E-state index in [1.54, 1.807) is 17.0 Å². The highest BCUT2D eigenvalue weighted by molar-refractivity contribution is 5.34. The van der Waals surface area contributed by atoms with Crippen LogP contribution < -0.4 is 11.4 Å². The van der Waals surface area contributed by atoms with E-state index in [1.165, 1.54) is 11.5 Å². The van der Waals surface area contributed by atoms with E-state index in [9.17, 15) is 9.90 Å². The van der Waals surface area contributed by atoms with Crippen LogP contribution in [0.2, 0.25) is 0 Å². The molecule has 98 valence electrons. The van der Waals surface area contributed by atoms with Crippen molar-refractivity contribution in [1.29, 1.82) is 0 Å². The van der Waals surface area contributed by atoms with Crippen molar-refractivity contribution < 1.29 is 9.84 Å². The first kappa shape index (κ1) is 12.5. The van der Waals surface area contributed by atoms with Crippen LogP contribution in [-0.4, -0.2) is 37.4 Å². The first-order valence-corrected chi connectivity index (χ1v) is 5.53. The predicted molar refractivity (Wildman–Crippen MR) is 63.9 cm³/mol. The summed E-state index contributed by atoms with van der Waals surface area (Å²) < 4.78 is 7.84. The number of aliphatic hydroxyl groups excluding tert-OH is 1. The highest BCUT2D eigenvalue weighted by Crippen LogP contribution is 2.05. The lowest BCUT2D eigenvalue weighted by Crippen LogP contribution is -2.20. The number of nitrogens with zero attached hydrogens (tertiary/aromatic N) is 4. The fourth-order valence-corrected chi connectivity index (χ4v) is 1.69. The molecule has 2 aromatic heterocycles. The molecule has 0 bridgehead atoms. The number of hydrogen-bond donors (Lipinski definition) is 2. The third-order valence-corrected chi connectivity index (χ3v) is 2.62. The lowest BCUT2D eigenvalue weighted by Gasteiger charge is -2.08. The van der Waals surface area contributed by atoms with Crippen LogP contribution in [0, 0.1) is 0 Å². The summed E-state index contributed by atoms with van der Waals surface area (Å²) in [5.74, 6) is 0.399. The maximum absolute atomic E-state index is 11.5. The molecule has 0 aliphatic carbocycles. The summed E-state index contributed by atoms with van der Waals surface area (Å²) in [5.41, 5.74) is 4.99. The van der Waals surface area contributed by atoms with Crippen LogP contribution in [0.3, 0.4) is 0 Å². The average Bonchev–Trinajstić information content (AvgIpc) is 2.72. The van der Waals surface area contributed by atoms with Crippen LogP contribution in [0.1, 0.15) is 12.8 Å². The zero-order valence-corrected chi connectivity index (χ0v) is 9.98. The summed E-state index contributed by atoms with van der Waals surface area (Å²) in [4.78, 5) is 19.1. The van der Waals surface area contributed by atoms with Gasteiger partial charge in [-0.15, -0.1) is 0 Å². The number of nitrogens with two attached hydrogens (primary N) is 1. The van der Waals surface area contributed by atoms with Crippen LogP contribution in [0.15, 0.2) is 17.2 Å². The molecule has 0 amide bonds. The topological polar surface area (TPSA) is 108 Å². The molecule has 0 saturated heterocycles. The van der Waals surface area contributed by atoms with Crippen LogP contribution in [0.4, 0.5) is 5.95 Å². The number of imidazole rings is 1. The Bertz CT molecular complexity index is 591. The average molecular weight is 253 g/mol. The van der Waals surface area contributed by atoms with Crippen LogP contribution in [0.25, 0.3) is 5.78 Å². The molecule has 2 aromatic rings. The summed E-state index contributed by atoms with van der Waals surface area (Å²) in [6.45, 7) is 0.604. The highest BCUT2D eigenvalue weighted by atomic mass is 16.6. The van der Waals surface area contributed by atoms with Gasteiger partial charge < -0.3 is 20.1 Å². The van der Waals surface area contributed by atoms with Gasteiger partial charge in [-0.1, -0.05) is 0 Å². The van der Waals surface area contributed by atoms with Gasteiger partial charge in [-0.25, -0.2) is 9.20 Å². The molecule has 18 heavy (non-hydrogen) atoms. The minimum atomic E-state index is -0.769. The lowest BCUT2D eigenvalue weighted by atomic mass is 10.3. The van der Waals surface area contributed by atoms with Crippen LogP contribution in [0.5, 0.6) is 0 Å². The molecular weight excluding hydrogens is 238 g/mol. The third kappa shape index (κ3) is 2.49. The molecule has 0 aliphatic heterocycles. The smallest absolute Gasteiger partial charge is 0.357 e. The maximum Gasteiger partial charge on any atom is 0.357 e. The molecule has 0 aromatic carbocycles. The molecule has 2 rings (SSSR count). The second-order valence-corrected chi connectivity index (χ2v) is 3.86. The fraction of sp³-hybridized carbons (Fsp3) is 0.500. The van der Waals surface area contributed by atoms with Crippen molar-refractivity contribution in [3.8, 4) is 0 Å². The number of anilines is 1. The SMILES string of the molecule is COC(O)CCCn1ccn2c(=O)nc(N)nc12. The third-order valence-electron chi connectivity index (χ3n) is 2.62. The number of nitrogen functional groups attached to an aromatic ring is 1. The summed E-state index contributed by atoms with van der Waals surface area (Å²) in [6.07, 6.45) is 3.74. The number of rotatable bonds is 5. The Morgan fingerprint density at radius 2 is 2.28 bits per heavy atom. The molecule has 2 heterocycles. The van der Waals surface area contributed by atoms with Crippen LogP contribution >= 0.6 is 0 Å². The summed E-state index contributed by atoms with van der Waals surface area (Å²) >= 11 is 0. The number of ether oxygens (including phenoxy) is 1. The molecule has 0 saturated carbocycles. The Kier molecular flexibility index (Phi) is 3.58. The van der Waals surface area contributed by atoms with Gasteiger partial charge in [0.05, 0.1) is 0 Å². The molecule has 0 radical (unpaired) electrons. The minimum absolute atomic E-state index is 0.0446. The summed E-state index contributed by atoms with van der Waals surface area (Å²) in [6, 6.07) is 0. The quantitative estimate of drug-likeness (QED) is 0.677. The number of hydrogen-bond acceptors (Lipinski definition) is 6. The molecule has 8 nitrogen and oxygen atoms in total. The number of aliphatic hydroxyl groups is 1. The van der Waals surface area contributed by atoms with Crippen molar-refractivity contribution in [2.75, 3.05) is 12.8 Å². The van der Waals surface area contributed by atoms with E-state index in [1.807, 2.05) is 0 Å². The monoisotopic (exact) mass is 253 g/mol. The van der Waals surface area contributed by atoms with Crippen molar-refractivity contribution in [2.24, 2.45) is 0 Å². The van der Waals surface area contributed by atoms with E-state index in [-0.39, 0.29) is 5.95 Å². The zero-order chi connectivity index (χ0) is 13.1. The Morgan fingerprint density at radius 3 is 3.00 bits per heavy atom. The first-order chi connectivity index (χ1) is 8.61. The Labute approximate surface area is 103 Å². The van der Waals surface area contributed by atoms with Gasteiger partial charge in [-0.3, -0.25) is 0 Å². The van der Waals surface area contributed by atoms with Crippen molar-refractivity contribution >= 4 is 11.7 Å². The minimum Gasteiger partial charge on any atom is -0.368 e. The van der Waals surface area contributed by atoms with E-state index < -0.39 is 12.0 Å². The largest absolute Gasteiger partial charge is 0.368 e. The van der Waals surface area contributed by atoms with Crippen molar-refractivity contribution in [3.05, 3.63) is 22.9 Å². The molecule has 3 N–H and O–H groups in total. The molecule has 0 aliphatic rings. The summed E-state index contributed by atoms with van der Waals surface area (Å²) in [5, 5.41) is 9.26. The first-order valence-electron chi connectivity index (χ1n) is 5.53. The second-order valence-electron chi connectivity index (χ2n) is 3.86. The van der Waals surface area contributed by atoms with Gasteiger partial charge in [0, 0.05) is 26.0 Å². The lowest BCUT2D eigenvalue weighted by molar-refractivity contribution is -0.0795. The van der Waals surface area contributed by atoms with E-state index in [0.29, 0.717) is 25.2 Å². The number of methoxy groups -OCH3 is 1. The highest BCUT2D eigenvalue weighted by Gasteiger charge is 2.07. The fourth-order valence-electron chi connectivity index (χ4n) is 1.69. The van der Waals surface area contributed by atoms with E-state index in [4.69, 9.17) is 10.5 Å². The van der Waals surface area contributed by atoms with Crippen molar-refractivity contribution in [3.63, 3.8) is 0 Å². The van der Waals surface area contributed by atoms with Crippen molar-refractivity contribution in [2.45, 2.75) is 25.7 Å². The summed E-state index contributed by atoms with van der Waals surface area (Å²) in [7, 11) is 1.45. The van der Waals surface area contributed by atoms with Gasteiger partial charge in [0.25, 0.3) is 0 Å². The molecule has 1 unspecified atom stereocenters. The Hall–Kier alpha value is -1.93. The van der Waals surface area contributed by atoms with E-state index in [0.717, 1.165) is 0 Å². The Morgan fingerprint density at radius 1 is 1.50 bits per heavy atom. The number of aryl methyl sites for hydroxylation is 1. The zero-order valence-electron chi connectivity index (χ0n) is 9.98. The van der Waals surface area contributed by atoms with Crippen LogP contribution in [-0.2, 0) is 11.3 Å². The number of fused-ring (bicyclic) bond motifs is 1. The predicted octanol–water partition coefficient (Wildman–Crippen LogP) is -0.782. The molecular formula is C10H15N5O3. The Balaban J connectivity index is 2.17.